The van der Waals surface area contributed by atoms with Gasteiger partial charge in [-0.2, -0.15) is 0 Å². The highest BCUT2D eigenvalue weighted by Crippen LogP contribution is 2.51. The van der Waals surface area contributed by atoms with E-state index < -0.39 is 17.1 Å². The first-order valence-electron chi connectivity index (χ1n) is 6.85. The van der Waals surface area contributed by atoms with Crippen LogP contribution in [0.25, 0.3) is 0 Å². The molecule has 2 aliphatic heterocycles. The summed E-state index contributed by atoms with van der Waals surface area (Å²) >= 11 is 0. The Bertz CT molecular complexity index is 410. The molecule has 0 saturated carbocycles. The lowest BCUT2D eigenvalue weighted by Gasteiger charge is -2.40. The van der Waals surface area contributed by atoms with Crippen molar-refractivity contribution >= 4 is 5.91 Å². The molecule has 2 fully saturated rings. The Hall–Kier alpha value is -0.870. The summed E-state index contributed by atoms with van der Waals surface area (Å²) in [4.78, 5) is 14.5. The van der Waals surface area contributed by atoms with Gasteiger partial charge in [-0.25, -0.2) is 0 Å². The van der Waals surface area contributed by atoms with E-state index in [1.54, 1.807) is 17.9 Å². The van der Waals surface area contributed by atoms with E-state index in [9.17, 15) is 9.90 Å². The van der Waals surface area contributed by atoms with Crippen molar-refractivity contribution in [2.45, 2.75) is 58.4 Å². The van der Waals surface area contributed by atoms with E-state index >= 15 is 0 Å². The molecule has 1 N–H and O–H groups in total. The topological polar surface area (TPSA) is 49.8 Å². The fourth-order valence-electron chi connectivity index (χ4n) is 3.31. The zero-order chi connectivity index (χ0) is 14.6. The second-order valence-electron chi connectivity index (χ2n) is 7.24. The molecule has 4 heteroatoms. The number of hydrogen-bond donors (Lipinski definition) is 1. The van der Waals surface area contributed by atoms with Crippen molar-refractivity contribution in [1.82, 2.24) is 4.90 Å². The maximum absolute atomic E-state index is 12.7. The summed E-state index contributed by atoms with van der Waals surface area (Å²) in [5.41, 5.74) is -1.93. The van der Waals surface area contributed by atoms with Gasteiger partial charge in [0.05, 0.1) is 23.7 Å². The summed E-state index contributed by atoms with van der Waals surface area (Å²) in [7, 11) is 0. The van der Waals surface area contributed by atoms with Crippen LogP contribution in [-0.4, -0.2) is 39.9 Å². The summed E-state index contributed by atoms with van der Waals surface area (Å²) in [5, 5.41) is 10.9. The number of rotatable bonds is 2. The van der Waals surface area contributed by atoms with Crippen LogP contribution in [0.2, 0.25) is 0 Å². The third-order valence-electron chi connectivity index (χ3n) is 4.74. The van der Waals surface area contributed by atoms with Gasteiger partial charge in [-0.05, 0) is 20.3 Å². The zero-order valence-corrected chi connectivity index (χ0v) is 12.6. The molecular formula is C15H25NO3. The van der Waals surface area contributed by atoms with E-state index in [-0.39, 0.29) is 17.6 Å². The van der Waals surface area contributed by atoms with E-state index in [2.05, 4.69) is 6.58 Å². The SMILES string of the molecule is C=CCC1C(=O)N2[C@H](C(C)(C)C)OC[C@@]2(C)C1(C)O. The van der Waals surface area contributed by atoms with Crippen LogP contribution in [0, 0.1) is 11.3 Å². The van der Waals surface area contributed by atoms with Crippen LogP contribution < -0.4 is 0 Å². The van der Waals surface area contributed by atoms with Crippen molar-refractivity contribution in [3.63, 3.8) is 0 Å². The van der Waals surface area contributed by atoms with Gasteiger partial charge in [-0.3, -0.25) is 4.79 Å². The van der Waals surface area contributed by atoms with Gasteiger partial charge in [0.2, 0.25) is 5.91 Å². The molecule has 1 amide bonds. The van der Waals surface area contributed by atoms with Crippen LogP contribution in [0.15, 0.2) is 12.7 Å². The first kappa shape index (κ1) is 14.5. The summed E-state index contributed by atoms with van der Waals surface area (Å²) < 4.78 is 5.84. The molecule has 108 valence electrons. The van der Waals surface area contributed by atoms with Gasteiger partial charge in [-0.1, -0.05) is 26.8 Å². The predicted molar refractivity (Wildman–Crippen MR) is 73.4 cm³/mol. The largest absolute Gasteiger partial charge is 0.387 e. The number of nitrogens with zero attached hydrogens (tertiary/aromatic N) is 1. The van der Waals surface area contributed by atoms with Gasteiger partial charge in [-0.15, -0.1) is 6.58 Å². The van der Waals surface area contributed by atoms with E-state index in [1.807, 2.05) is 27.7 Å². The monoisotopic (exact) mass is 267 g/mol. The van der Waals surface area contributed by atoms with E-state index in [0.717, 1.165) is 0 Å². The zero-order valence-electron chi connectivity index (χ0n) is 12.6. The molecule has 2 aliphatic rings. The molecule has 0 aromatic rings. The van der Waals surface area contributed by atoms with Gasteiger partial charge >= 0.3 is 0 Å². The summed E-state index contributed by atoms with van der Waals surface area (Å²) in [5.74, 6) is -0.450. The van der Waals surface area contributed by atoms with Crippen molar-refractivity contribution in [2.75, 3.05) is 6.61 Å². The number of carbonyl (C=O) groups excluding carboxylic acids is 1. The second-order valence-corrected chi connectivity index (χ2v) is 7.24. The summed E-state index contributed by atoms with van der Waals surface area (Å²) in [6, 6.07) is 0. The third kappa shape index (κ3) is 1.77. The highest BCUT2D eigenvalue weighted by Gasteiger charge is 2.68. The Morgan fingerprint density at radius 3 is 2.58 bits per heavy atom. The first-order chi connectivity index (χ1) is 8.57. The van der Waals surface area contributed by atoms with Crippen LogP contribution in [0.1, 0.15) is 41.0 Å². The minimum atomic E-state index is -1.10. The fraction of sp³-hybridized carbons (Fsp3) is 0.800. The molecule has 0 aromatic heterocycles. The van der Waals surface area contributed by atoms with Crippen molar-refractivity contribution in [2.24, 2.45) is 11.3 Å². The molecule has 2 unspecified atom stereocenters. The predicted octanol–water partition coefficient (Wildman–Crippen LogP) is 1.93. The Morgan fingerprint density at radius 2 is 2.11 bits per heavy atom. The van der Waals surface area contributed by atoms with E-state index in [4.69, 9.17) is 4.74 Å². The Balaban J connectivity index is 2.45. The number of hydrogen-bond acceptors (Lipinski definition) is 3. The molecule has 4 nitrogen and oxygen atoms in total. The lowest BCUT2D eigenvalue weighted by Crippen LogP contribution is -2.56. The molecule has 0 aliphatic carbocycles. The van der Waals surface area contributed by atoms with Crippen molar-refractivity contribution < 1.29 is 14.6 Å². The highest BCUT2D eigenvalue weighted by molar-refractivity contribution is 5.85. The lowest BCUT2D eigenvalue weighted by atomic mass is 9.77. The molecule has 0 spiro atoms. The minimum Gasteiger partial charge on any atom is -0.387 e. The van der Waals surface area contributed by atoms with Crippen LogP contribution in [0.3, 0.4) is 0 Å². The number of ether oxygens (including phenoxy) is 1. The van der Waals surface area contributed by atoms with Crippen molar-refractivity contribution in [1.29, 1.82) is 0 Å². The second kappa shape index (κ2) is 4.06. The average Bonchev–Trinajstić information content (AvgIpc) is 2.69. The third-order valence-corrected chi connectivity index (χ3v) is 4.74. The van der Waals surface area contributed by atoms with Crippen LogP contribution >= 0.6 is 0 Å². The Kier molecular flexibility index (Phi) is 3.11. The maximum Gasteiger partial charge on any atom is 0.231 e. The van der Waals surface area contributed by atoms with Crippen molar-refractivity contribution in [3.05, 3.63) is 12.7 Å². The molecule has 0 radical (unpaired) electrons. The number of fused-ring (bicyclic) bond motifs is 1. The van der Waals surface area contributed by atoms with Gasteiger partial charge in [0.1, 0.15) is 6.23 Å². The number of carbonyl (C=O) groups is 1. The number of allylic oxidation sites excluding steroid dienone is 1. The normalized spacial score (nSPS) is 42.6. The fourth-order valence-corrected chi connectivity index (χ4v) is 3.31. The summed E-state index contributed by atoms with van der Waals surface area (Å²) in [6.07, 6.45) is 1.91. The molecule has 0 aromatic carbocycles. The summed E-state index contributed by atoms with van der Waals surface area (Å²) in [6.45, 7) is 13.9. The van der Waals surface area contributed by atoms with Gasteiger partial charge in [0.25, 0.3) is 0 Å². The number of aliphatic hydroxyl groups is 1. The van der Waals surface area contributed by atoms with Crippen molar-refractivity contribution in [3.8, 4) is 0 Å². The molecule has 2 rings (SSSR count). The quantitative estimate of drug-likeness (QED) is 0.778. The first-order valence-corrected chi connectivity index (χ1v) is 6.85. The number of amides is 1. The minimum absolute atomic E-state index is 0.0233. The molecule has 19 heavy (non-hydrogen) atoms. The maximum atomic E-state index is 12.7. The van der Waals surface area contributed by atoms with E-state index in [1.165, 1.54) is 0 Å². The van der Waals surface area contributed by atoms with Gasteiger partial charge in [0, 0.05) is 5.41 Å². The molecule has 2 saturated heterocycles. The standard InChI is InChI=1S/C15H25NO3/c1-7-8-10-11(17)16-12(13(2,3)4)19-9-14(16,5)15(10,6)18/h7,10,12,18H,1,8-9H2,2-6H3/t10?,12-,14-,15?/m0/s1. The van der Waals surface area contributed by atoms with E-state index in [0.29, 0.717) is 13.0 Å². The van der Waals surface area contributed by atoms with Gasteiger partial charge < -0.3 is 14.7 Å². The molecule has 2 heterocycles. The molecule has 4 atom stereocenters. The highest BCUT2D eigenvalue weighted by atomic mass is 16.5. The van der Waals surface area contributed by atoms with Crippen LogP contribution in [-0.2, 0) is 9.53 Å². The lowest BCUT2D eigenvalue weighted by molar-refractivity contribution is -0.144. The molecular weight excluding hydrogens is 242 g/mol. The van der Waals surface area contributed by atoms with Crippen LogP contribution in [0.5, 0.6) is 0 Å². The molecule has 0 bridgehead atoms. The average molecular weight is 267 g/mol. The Labute approximate surface area is 115 Å². The van der Waals surface area contributed by atoms with Crippen LogP contribution in [0.4, 0.5) is 0 Å². The van der Waals surface area contributed by atoms with Gasteiger partial charge in [0.15, 0.2) is 0 Å². The Morgan fingerprint density at radius 1 is 1.53 bits per heavy atom. The smallest absolute Gasteiger partial charge is 0.231 e.